The molecule has 0 bridgehead atoms. The predicted molar refractivity (Wildman–Crippen MR) is 88.3 cm³/mol. The molecular weight excluding hydrogens is 388 g/mol. The number of hydrogen-bond donors (Lipinski definition) is 1. The Morgan fingerprint density at radius 2 is 1.83 bits per heavy atom. The lowest BCUT2D eigenvalue weighted by Crippen LogP contribution is -2.28. The van der Waals surface area contributed by atoms with Crippen LogP contribution in [0.1, 0.15) is 17.3 Å². The smallest absolute Gasteiger partial charge is 0.352 e. The van der Waals surface area contributed by atoms with Gasteiger partial charge in [-0.15, -0.1) is 0 Å². The minimum atomic E-state index is -1.05. The average molecular weight is 400 g/mol. The topological polar surface area (TPSA) is 72.8 Å². The fourth-order valence-electron chi connectivity index (χ4n) is 1.67. The van der Waals surface area contributed by atoms with Crippen LogP contribution < -0.4 is 9.47 Å². The van der Waals surface area contributed by atoms with Crippen LogP contribution in [0.4, 0.5) is 0 Å². The molecule has 120 valence electrons. The summed E-state index contributed by atoms with van der Waals surface area (Å²) in [6.45, 7) is 1.55. The highest BCUT2D eigenvalue weighted by Gasteiger charge is 2.18. The van der Waals surface area contributed by atoms with Gasteiger partial charge in [-0.05, 0) is 65.3 Å². The van der Waals surface area contributed by atoms with Gasteiger partial charge in [-0.1, -0.05) is 11.6 Å². The van der Waals surface area contributed by atoms with E-state index in [0.717, 1.165) is 0 Å². The van der Waals surface area contributed by atoms with Crippen LogP contribution in [0, 0.1) is 0 Å². The van der Waals surface area contributed by atoms with Gasteiger partial charge in [0.05, 0.1) is 10.0 Å². The first-order valence-corrected chi connectivity index (χ1v) is 7.70. The van der Waals surface area contributed by atoms with E-state index in [4.69, 9.17) is 26.2 Å². The Balaban J connectivity index is 2.00. The molecule has 2 rings (SSSR count). The third kappa shape index (κ3) is 4.71. The molecule has 0 saturated carbocycles. The van der Waals surface area contributed by atoms with Crippen molar-refractivity contribution in [3.05, 3.63) is 57.5 Å². The molecule has 1 atom stereocenters. The van der Waals surface area contributed by atoms with Crippen molar-refractivity contribution in [2.45, 2.75) is 13.0 Å². The average Bonchev–Trinajstić information content (AvgIpc) is 2.50. The van der Waals surface area contributed by atoms with Crippen LogP contribution >= 0.6 is 27.5 Å². The third-order valence-electron chi connectivity index (χ3n) is 2.85. The summed E-state index contributed by atoms with van der Waals surface area (Å²) in [5.41, 5.74) is 0.110. The summed E-state index contributed by atoms with van der Waals surface area (Å²) in [6.07, 6.45) is -0.855. The van der Waals surface area contributed by atoms with Gasteiger partial charge in [0, 0.05) is 5.02 Å². The molecule has 0 spiro atoms. The van der Waals surface area contributed by atoms with E-state index in [1.165, 1.54) is 24.3 Å². The van der Waals surface area contributed by atoms with Crippen LogP contribution in [0.2, 0.25) is 5.02 Å². The van der Waals surface area contributed by atoms with Crippen molar-refractivity contribution < 1.29 is 24.2 Å². The largest absolute Gasteiger partial charge is 0.478 e. The first-order valence-electron chi connectivity index (χ1n) is 6.53. The monoisotopic (exact) mass is 398 g/mol. The number of hydrogen-bond acceptors (Lipinski definition) is 4. The Morgan fingerprint density at radius 3 is 2.39 bits per heavy atom. The molecule has 0 aliphatic rings. The van der Waals surface area contributed by atoms with E-state index in [1.54, 1.807) is 25.1 Å². The van der Waals surface area contributed by atoms with Gasteiger partial charge in [-0.3, -0.25) is 0 Å². The van der Waals surface area contributed by atoms with E-state index in [-0.39, 0.29) is 11.3 Å². The Labute approximate surface area is 145 Å². The van der Waals surface area contributed by atoms with E-state index in [0.29, 0.717) is 15.2 Å². The Morgan fingerprint density at radius 1 is 1.17 bits per heavy atom. The zero-order chi connectivity index (χ0) is 17.0. The zero-order valence-electron chi connectivity index (χ0n) is 12.0. The molecule has 7 heteroatoms. The molecule has 23 heavy (non-hydrogen) atoms. The van der Waals surface area contributed by atoms with Gasteiger partial charge in [-0.25, -0.2) is 9.59 Å². The number of rotatable bonds is 5. The number of aromatic carboxylic acids is 1. The summed E-state index contributed by atoms with van der Waals surface area (Å²) >= 11 is 9.14. The number of halogens is 2. The first-order chi connectivity index (χ1) is 10.9. The minimum absolute atomic E-state index is 0.110. The molecular formula is C16H12BrClO5. The second-order valence-corrected chi connectivity index (χ2v) is 5.88. The highest BCUT2D eigenvalue weighted by molar-refractivity contribution is 9.10. The maximum Gasteiger partial charge on any atom is 0.352 e. The van der Waals surface area contributed by atoms with Gasteiger partial charge >= 0.3 is 11.9 Å². The fraction of sp³-hybridized carbons (Fsp3) is 0.125. The van der Waals surface area contributed by atoms with Crippen molar-refractivity contribution >= 4 is 39.5 Å². The molecule has 2 aromatic rings. The molecule has 0 aliphatic carbocycles. The SMILES string of the molecule is CC(Oc1ccc(Cl)cc1Br)C(=O)Oc1ccc(C(=O)O)cc1. The van der Waals surface area contributed by atoms with Crippen molar-refractivity contribution in [3.63, 3.8) is 0 Å². The molecule has 0 heterocycles. The number of carbonyl (C=O) groups excluding carboxylic acids is 1. The summed E-state index contributed by atoms with van der Waals surface area (Å²) in [6, 6.07) is 10.5. The van der Waals surface area contributed by atoms with Crippen LogP contribution in [-0.4, -0.2) is 23.1 Å². The molecule has 2 aromatic carbocycles. The number of ether oxygens (including phenoxy) is 2. The zero-order valence-corrected chi connectivity index (χ0v) is 14.3. The molecule has 1 unspecified atom stereocenters. The predicted octanol–water partition coefficient (Wildman–Crippen LogP) is 4.17. The number of carboxylic acid groups (broad SMARTS) is 1. The second kappa shape index (κ2) is 7.48. The van der Waals surface area contributed by atoms with Crippen molar-refractivity contribution in [2.75, 3.05) is 0 Å². The quantitative estimate of drug-likeness (QED) is 0.603. The fourth-order valence-corrected chi connectivity index (χ4v) is 2.45. The van der Waals surface area contributed by atoms with Crippen LogP contribution in [0.3, 0.4) is 0 Å². The second-order valence-electron chi connectivity index (χ2n) is 4.59. The van der Waals surface area contributed by atoms with Crippen molar-refractivity contribution in [2.24, 2.45) is 0 Å². The maximum atomic E-state index is 12.0. The number of carboxylic acids is 1. The summed E-state index contributed by atoms with van der Waals surface area (Å²) in [5.74, 6) is -0.951. The van der Waals surface area contributed by atoms with E-state index in [1.807, 2.05) is 0 Å². The van der Waals surface area contributed by atoms with E-state index < -0.39 is 18.0 Å². The molecule has 0 radical (unpaired) electrons. The summed E-state index contributed by atoms with van der Waals surface area (Å²) in [5, 5.41) is 9.35. The lowest BCUT2D eigenvalue weighted by molar-refractivity contribution is -0.141. The number of benzene rings is 2. The number of carbonyl (C=O) groups is 2. The first kappa shape index (κ1) is 17.3. The standard InChI is InChI=1S/C16H12BrClO5/c1-9(22-14-7-4-11(18)8-13(14)17)16(21)23-12-5-2-10(3-6-12)15(19)20/h2-9H,1H3,(H,19,20). The van der Waals surface area contributed by atoms with Crippen LogP contribution in [0.25, 0.3) is 0 Å². The van der Waals surface area contributed by atoms with Gasteiger partial charge < -0.3 is 14.6 Å². The summed E-state index contributed by atoms with van der Waals surface area (Å²) in [4.78, 5) is 22.8. The van der Waals surface area contributed by atoms with Crippen LogP contribution in [-0.2, 0) is 4.79 Å². The van der Waals surface area contributed by atoms with E-state index >= 15 is 0 Å². The maximum absolute atomic E-state index is 12.0. The highest BCUT2D eigenvalue weighted by atomic mass is 79.9. The molecule has 0 aromatic heterocycles. The Kier molecular flexibility index (Phi) is 5.63. The van der Waals surface area contributed by atoms with Gasteiger partial charge in [0.2, 0.25) is 0 Å². The Hall–Kier alpha value is -2.05. The summed E-state index contributed by atoms with van der Waals surface area (Å²) < 4.78 is 11.3. The molecule has 0 amide bonds. The highest BCUT2D eigenvalue weighted by Crippen LogP contribution is 2.29. The van der Waals surface area contributed by atoms with Crippen molar-refractivity contribution in [1.82, 2.24) is 0 Å². The van der Waals surface area contributed by atoms with Crippen molar-refractivity contribution in [1.29, 1.82) is 0 Å². The van der Waals surface area contributed by atoms with Crippen LogP contribution in [0.5, 0.6) is 11.5 Å². The lowest BCUT2D eigenvalue weighted by atomic mass is 10.2. The number of esters is 1. The van der Waals surface area contributed by atoms with Gasteiger partial charge in [-0.2, -0.15) is 0 Å². The molecule has 0 saturated heterocycles. The third-order valence-corrected chi connectivity index (χ3v) is 3.70. The van der Waals surface area contributed by atoms with Gasteiger partial charge in [0.25, 0.3) is 0 Å². The minimum Gasteiger partial charge on any atom is -0.478 e. The normalized spacial score (nSPS) is 11.6. The van der Waals surface area contributed by atoms with Crippen LogP contribution in [0.15, 0.2) is 46.9 Å². The molecule has 1 N–H and O–H groups in total. The van der Waals surface area contributed by atoms with E-state index in [2.05, 4.69) is 15.9 Å². The molecule has 5 nitrogen and oxygen atoms in total. The Bertz CT molecular complexity index is 730. The molecule has 0 fully saturated rings. The van der Waals surface area contributed by atoms with Gasteiger partial charge in [0.1, 0.15) is 11.5 Å². The van der Waals surface area contributed by atoms with Gasteiger partial charge in [0.15, 0.2) is 6.10 Å². The van der Waals surface area contributed by atoms with Crippen molar-refractivity contribution in [3.8, 4) is 11.5 Å². The van der Waals surface area contributed by atoms with E-state index in [9.17, 15) is 9.59 Å². The lowest BCUT2D eigenvalue weighted by Gasteiger charge is -2.15. The summed E-state index contributed by atoms with van der Waals surface area (Å²) in [7, 11) is 0. The molecule has 0 aliphatic heterocycles.